The molecule has 0 spiro atoms. The third kappa shape index (κ3) is 2.52. The number of aromatic nitrogens is 2. The minimum Gasteiger partial charge on any atom is -0.444 e. The van der Waals surface area contributed by atoms with Crippen LogP contribution in [-0.4, -0.2) is 18.4 Å². The van der Waals surface area contributed by atoms with Crippen LogP contribution in [0.15, 0.2) is 33.2 Å². The van der Waals surface area contributed by atoms with Gasteiger partial charge in [-0.1, -0.05) is 0 Å². The van der Waals surface area contributed by atoms with Crippen molar-refractivity contribution in [3.63, 3.8) is 0 Å². The number of thiazole rings is 1. The van der Waals surface area contributed by atoms with Gasteiger partial charge in [0.25, 0.3) is 0 Å². The van der Waals surface area contributed by atoms with E-state index in [9.17, 15) is 12.8 Å². The fourth-order valence-electron chi connectivity index (χ4n) is 2.18. The van der Waals surface area contributed by atoms with E-state index in [4.69, 9.17) is 4.42 Å². The summed E-state index contributed by atoms with van der Waals surface area (Å²) in [5.41, 5.74) is 0.342. The standard InChI is InChI=1S/C14H11FN2O3S2/c15-9-3-4-12-10(5-9)17-14(21-12)22(18,19)7-13-16-6-11(20-13)8-1-2-8/h3-6,8H,1-2,7H2. The first kappa shape index (κ1) is 13.8. The molecule has 114 valence electrons. The number of hydrogen-bond acceptors (Lipinski definition) is 6. The molecule has 0 saturated heterocycles. The van der Waals surface area contributed by atoms with Gasteiger partial charge in [-0.05, 0) is 25.0 Å². The summed E-state index contributed by atoms with van der Waals surface area (Å²) in [6.45, 7) is 0. The van der Waals surface area contributed by atoms with Crippen LogP contribution >= 0.6 is 11.3 Å². The van der Waals surface area contributed by atoms with Crippen molar-refractivity contribution in [3.05, 3.63) is 41.9 Å². The van der Waals surface area contributed by atoms with Crippen LogP contribution in [0.2, 0.25) is 0 Å². The minimum atomic E-state index is -3.65. The lowest BCUT2D eigenvalue weighted by atomic mass is 10.3. The molecule has 3 aromatic rings. The topological polar surface area (TPSA) is 73.1 Å². The van der Waals surface area contributed by atoms with Gasteiger partial charge in [0.1, 0.15) is 17.3 Å². The lowest BCUT2D eigenvalue weighted by Gasteiger charge is -1.96. The van der Waals surface area contributed by atoms with E-state index in [0.717, 1.165) is 29.9 Å². The highest BCUT2D eigenvalue weighted by atomic mass is 32.2. The van der Waals surface area contributed by atoms with Gasteiger partial charge in [0.2, 0.25) is 20.1 Å². The predicted octanol–water partition coefficient (Wildman–Crippen LogP) is 3.27. The SMILES string of the molecule is O=S(=O)(Cc1ncc(C2CC2)o1)c1nc2cc(F)ccc2s1. The zero-order chi connectivity index (χ0) is 15.3. The molecule has 1 fully saturated rings. The Labute approximate surface area is 129 Å². The van der Waals surface area contributed by atoms with Gasteiger partial charge in [0.15, 0.2) is 0 Å². The maximum absolute atomic E-state index is 13.2. The normalized spacial score (nSPS) is 15.5. The monoisotopic (exact) mass is 338 g/mol. The lowest BCUT2D eigenvalue weighted by Crippen LogP contribution is -2.04. The molecule has 22 heavy (non-hydrogen) atoms. The first-order valence-corrected chi connectivity index (χ1v) is 9.21. The molecule has 2 aromatic heterocycles. The van der Waals surface area contributed by atoms with E-state index < -0.39 is 15.7 Å². The van der Waals surface area contributed by atoms with Gasteiger partial charge in [-0.15, -0.1) is 11.3 Å². The van der Waals surface area contributed by atoms with Gasteiger partial charge in [0.05, 0.1) is 16.4 Å². The number of halogens is 1. The maximum atomic E-state index is 13.2. The van der Waals surface area contributed by atoms with E-state index in [1.54, 1.807) is 6.20 Å². The summed E-state index contributed by atoms with van der Waals surface area (Å²) >= 11 is 1.02. The number of hydrogen-bond donors (Lipinski definition) is 0. The molecule has 0 bridgehead atoms. The van der Waals surface area contributed by atoms with E-state index in [2.05, 4.69) is 9.97 Å². The van der Waals surface area contributed by atoms with Gasteiger partial charge < -0.3 is 4.42 Å². The minimum absolute atomic E-state index is 0.0423. The van der Waals surface area contributed by atoms with Gasteiger partial charge in [0, 0.05) is 12.0 Å². The van der Waals surface area contributed by atoms with E-state index in [1.807, 2.05) is 0 Å². The molecule has 0 N–H and O–H groups in total. The second-order valence-corrected chi connectivity index (χ2v) is 8.48. The average Bonchev–Trinajstić information content (AvgIpc) is 3.05. The largest absolute Gasteiger partial charge is 0.444 e. The maximum Gasteiger partial charge on any atom is 0.214 e. The molecular formula is C14H11FN2O3S2. The third-order valence-electron chi connectivity index (χ3n) is 3.46. The molecule has 0 atom stereocenters. The van der Waals surface area contributed by atoms with Crippen LogP contribution in [0.4, 0.5) is 4.39 Å². The Morgan fingerprint density at radius 1 is 1.36 bits per heavy atom. The van der Waals surface area contributed by atoms with E-state index in [0.29, 0.717) is 16.1 Å². The van der Waals surface area contributed by atoms with Crippen molar-refractivity contribution in [2.45, 2.75) is 28.9 Å². The average molecular weight is 338 g/mol. The number of fused-ring (bicyclic) bond motifs is 1. The van der Waals surface area contributed by atoms with Gasteiger partial charge >= 0.3 is 0 Å². The molecule has 1 aliphatic rings. The van der Waals surface area contributed by atoms with Crippen molar-refractivity contribution in [3.8, 4) is 0 Å². The van der Waals surface area contributed by atoms with Crippen molar-refractivity contribution in [1.29, 1.82) is 0 Å². The Kier molecular flexibility index (Phi) is 3.05. The Hall–Kier alpha value is -1.80. The summed E-state index contributed by atoms with van der Waals surface area (Å²) in [6.07, 6.45) is 3.71. The Morgan fingerprint density at radius 2 is 2.18 bits per heavy atom. The van der Waals surface area contributed by atoms with Gasteiger partial charge in [-0.2, -0.15) is 0 Å². The first-order valence-electron chi connectivity index (χ1n) is 6.75. The molecule has 0 aliphatic heterocycles. The van der Waals surface area contributed by atoms with E-state index >= 15 is 0 Å². The highest BCUT2D eigenvalue weighted by molar-refractivity contribution is 7.92. The molecule has 0 unspecified atom stereocenters. The van der Waals surface area contributed by atoms with Crippen molar-refractivity contribution < 1.29 is 17.2 Å². The first-order chi connectivity index (χ1) is 10.5. The zero-order valence-electron chi connectivity index (χ0n) is 11.3. The Bertz CT molecular complexity index is 958. The van der Waals surface area contributed by atoms with Gasteiger partial charge in [-0.3, -0.25) is 0 Å². The molecular weight excluding hydrogens is 327 g/mol. The number of sulfone groups is 1. The van der Waals surface area contributed by atoms with Crippen LogP contribution < -0.4 is 0 Å². The quantitative estimate of drug-likeness (QED) is 0.730. The molecule has 1 aromatic carbocycles. The molecule has 0 radical (unpaired) electrons. The van der Waals surface area contributed by atoms with E-state index in [-0.39, 0.29) is 16.0 Å². The molecule has 4 rings (SSSR count). The zero-order valence-corrected chi connectivity index (χ0v) is 13.0. The number of rotatable bonds is 4. The van der Waals surface area contributed by atoms with Crippen LogP contribution in [-0.2, 0) is 15.6 Å². The summed E-state index contributed by atoms with van der Waals surface area (Å²) in [4.78, 5) is 8.04. The summed E-state index contributed by atoms with van der Waals surface area (Å²) in [5.74, 6) is 0.531. The Balaban J connectivity index is 1.65. The van der Waals surface area contributed by atoms with Crippen LogP contribution in [0, 0.1) is 5.82 Å². The lowest BCUT2D eigenvalue weighted by molar-refractivity contribution is 0.468. The highest BCUT2D eigenvalue weighted by Gasteiger charge is 2.29. The number of oxazole rings is 1. The fraction of sp³-hybridized carbons (Fsp3) is 0.286. The van der Waals surface area contributed by atoms with Crippen molar-refractivity contribution in [1.82, 2.24) is 9.97 Å². The molecule has 0 amide bonds. The highest BCUT2D eigenvalue weighted by Crippen LogP contribution is 2.40. The predicted molar refractivity (Wildman–Crippen MR) is 78.9 cm³/mol. The van der Waals surface area contributed by atoms with Crippen LogP contribution in [0.3, 0.4) is 0 Å². The number of nitrogens with zero attached hydrogens (tertiary/aromatic N) is 2. The van der Waals surface area contributed by atoms with E-state index in [1.165, 1.54) is 18.2 Å². The molecule has 2 heterocycles. The van der Waals surface area contributed by atoms with Crippen LogP contribution in [0.5, 0.6) is 0 Å². The van der Waals surface area contributed by atoms with Crippen LogP contribution in [0.25, 0.3) is 10.2 Å². The van der Waals surface area contributed by atoms with Crippen molar-refractivity contribution in [2.24, 2.45) is 0 Å². The summed E-state index contributed by atoms with van der Waals surface area (Å²) in [6, 6.07) is 4.03. The van der Waals surface area contributed by atoms with Crippen LogP contribution in [0.1, 0.15) is 30.4 Å². The molecule has 8 heteroatoms. The fourth-order valence-corrected chi connectivity index (χ4v) is 4.64. The summed E-state index contributed by atoms with van der Waals surface area (Å²) in [5, 5.41) is 0. The smallest absolute Gasteiger partial charge is 0.214 e. The third-order valence-corrected chi connectivity index (χ3v) is 6.55. The second-order valence-electron chi connectivity index (χ2n) is 5.28. The second kappa shape index (κ2) is 4.85. The summed E-state index contributed by atoms with van der Waals surface area (Å²) in [7, 11) is -3.65. The summed E-state index contributed by atoms with van der Waals surface area (Å²) < 4.78 is 44.0. The van der Waals surface area contributed by atoms with Crippen molar-refractivity contribution in [2.75, 3.05) is 0 Å². The number of benzene rings is 1. The molecule has 5 nitrogen and oxygen atoms in total. The molecule has 1 aliphatic carbocycles. The molecule has 1 saturated carbocycles. The Morgan fingerprint density at radius 3 is 2.95 bits per heavy atom. The van der Waals surface area contributed by atoms with Crippen molar-refractivity contribution >= 4 is 31.4 Å². The van der Waals surface area contributed by atoms with Gasteiger partial charge in [-0.25, -0.2) is 22.8 Å².